The fourth-order valence-corrected chi connectivity index (χ4v) is 2.92. The summed E-state index contributed by atoms with van der Waals surface area (Å²) in [6.45, 7) is 3.74. The third-order valence-corrected chi connectivity index (χ3v) is 4.28. The molecule has 1 aromatic carbocycles. The highest BCUT2D eigenvalue weighted by molar-refractivity contribution is 6.06. The van der Waals surface area contributed by atoms with E-state index in [9.17, 15) is 9.59 Å². The first-order valence-electron chi connectivity index (χ1n) is 8.93. The summed E-state index contributed by atoms with van der Waals surface area (Å²) in [6.07, 6.45) is 4.44. The van der Waals surface area contributed by atoms with Gasteiger partial charge in [0.1, 0.15) is 5.76 Å². The number of benzene rings is 1. The van der Waals surface area contributed by atoms with Gasteiger partial charge in [0.25, 0.3) is 5.91 Å². The van der Waals surface area contributed by atoms with E-state index in [2.05, 4.69) is 15.4 Å². The molecular formula is C21H18N4O4. The van der Waals surface area contributed by atoms with Crippen molar-refractivity contribution in [3.63, 3.8) is 0 Å². The molecule has 3 heterocycles. The average molecular weight is 390 g/mol. The second kappa shape index (κ2) is 7.59. The molecule has 0 unspecified atom stereocenters. The summed E-state index contributed by atoms with van der Waals surface area (Å²) in [5, 5.41) is 6.97. The number of furan rings is 1. The van der Waals surface area contributed by atoms with E-state index in [0.29, 0.717) is 29.5 Å². The fraction of sp³-hybridized carbons (Fsp3) is 0.143. The Labute approximate surface area is 166 Å². The molecule has 8 nitrogen and oxygen atoms in total. The number of hydrogen-bond acceptors (Lipinski definition) is 6. The lowest BCUT2D eigenvalue weighted by molar-refractivity contribution is 0.0983. The lowest BCUT2D eigenvalue weighted by Crippen LogP contribution is -2.13. The van der Waals surface area contributed by atoms with Gasteiger partial charge >= 0.3 is 0 Å². The zero-order valence-electron chi connectivity index (χ0n) is 15.9. The predicted octanol–water partition coefficient (Wildman–Crippen LogP) is 3.94. The van der Waals surface area contributed by atoms with Crippen LogP contribution in [0.2, 0.25) is 0 Å². The van der Waals surface area contributed by atoms with E-state index in [-0.39, 0.29) is 11.5 Å². The number of nitrogens with zero attached hydrogens (tertiary/aromatic N) is 3. The van der Waals surface area contributed by atoms with Crippen molar-refractivity contribution in [1.29, 1.82) is 0 Å². The number of amides is 1. The number of hydrogen-bond donors (Lipinski definition) is 1. The molecular weight excluding hydrogens is 372 g/mol. The third-order valence-electron chi connectivity index (χ3n) is 4.28. The molecule has 0 saturated heterocycles. The molecule has 4 aromatic rings. The van der Waals surface area contributed by atoms with Gasteiger partial charge in [0, 0.05) is 18.7 Å². The van der Waals surface area contributed by atoms with E-state index in [4.69, 9.17) is 8.83 Å². The van der Waals surface area contributed by atoms with Crippen LogP contribution in [0.4, 0.5) is 5.69 Å². The number of rotatable bonds is 6. The number of ketones is 1. The van der Waals surface area contributed by atoms with Gasteiger partial charge < -0.3 is 14.2 Å². The average Bonchev–Trinajstić information content (AvgIpc) is 3.42. The Balaban J connectivity index is 1.47. The minimum Gasteiger partial charge on any atom is -0.456 e. The zero-order valence-corrected chi connectivity index (χ0v) is 15.9. The van der Waals surface area contributed by atoms with E-state index in [1.807, 2.05) is 31.2 Å². The maximum atomic E-state index is 12.7. The molecule has 8 heteroatoms. The smallest absolute Gasteiger partial charge is 0.278 e. The largest absolute Gasteiger partial charge is 0.456 e. The van der Waals surface area contributed by atoms with Crippen LogP contribution >= 0.6 is 0 Å². The summed E-state index contributed by atoms with van der Waals surface area (Å²) in [7, 11) is 0. The van der Waals surface area contributed by atoms with Gasteiger partial charge in [-0.05, 0) is 25.1 Å². The molecule has 0 fully saturated rings. The van der Waals surface area contributed by atoms with Gasteiger partial charge in [0.2, 0.25) is 0 Å². The Hall–Kier alpha value is -3.94. The van der Waals surface area contributed by atoms with Crippen LogP contribution in [0.5, 0.6) is 0 Å². The van der Waals surface area contributed by atoms with E-state index in [0.717, 1.165) is 11.1 Å². The zero-order chi connectivity index (χ0) is 20.4. The third kappa shape index (κ3) is 4.01. The van der Waals surface area contributed by atoms with Crippen molar-refractivity contribution in [1.82, 2.24) is 14.8 Å². The molecule has 0 atom stereocenters. The first kappa shape index (κ1) is 18.4. The molecule has 29 heavy (non-hydrogen) atoms. The highest BCUT2D eigenvalue weighted by atomic mass is 16.3. The van der Waals surface area contributed by atoms with E-state index < -0.39 is 5.91 Å². The SMILES string of the molecule is CC(=O)c1ccc(Cn2cc(NC(=O)c3ncoc3-c3cccc(C)c3)cn2)o1. The van der Waals surface area contributed by atoms with Crippen molar-refractivity contribution in [3.05, 3.63) is 78.0 Å². The Morgan fingerprint density at radius 1 is 1.21 bits per heavy atom. The van der Waals surface area contributed by atoms with Crippen LogP contribution in [0.3, 0.4) is 0 Å². The lowest BCUT2D eigenvalue weighted by Gasteiger charge is -2.03. The Kier molecular flexibility index (Phi) is 4.82. The van der Waals surface area contributed by atoms with Crippen LogP contribution in [0, 0.1) is 6.92 Å². The van der Waals surface area contributed by atoms with Crippen molar-refractivity contribution >= 4 is 17.4 Å². The second-order valence-corrected chi connectivity index (χ2v) is 6.60. The van der Waals surface area contributed by atoms with Gasteiger partial charge in [-0.2, -0.15) is 5.10 Å². The molecule has 0 bridgehead atoms. The topological polar surface area (TPSA) is 103 Å². The first-order valence-corrected chi connectivity index (χ1v) is 8.93. The monoisotopic (exact) mass is 390 g/mol. The summed E-state index contributed by atoms with van der Waals surface area (Å²) >= 11 is 0. The van der Waals surface area contributed by atoms with E-state index >= 15 is 0 Å². The lowest BCUT2D eigenvalue weighted by atomic mass is 10.1. The highest BCUT2D eigenvalue weighted by Crippen LogP contribution is 2.24. The van der Waals surface area contributed by atoms with Gasteiger partial charge in [-0.3, -0.25) is 14.3 Å². The molecule has 0 saturated carbocycles. The van der Waals surface area contributed by atoms with Crippen LogP contribution < -0.4 is 5.32 Å². The van der Waals surface area contributed by atoms with Crippen molar-refractivity contribution in [2.45, 2.75) is 20.4 Å². The number of Topliss-reactive ketones (excluding diaryl/α,β-unsaturated/α-hetero) is 1. The van der Waals surface area contributed by atoms with Gasteiger partial charge in [0.05, 0.1) is 18.4 Å². The predicted molar refractivity (Wildman–Crippen MR) is 105 cm³/mol. The first-order chi connectivity index (χ1) is 14.0. The highest BCUT2D eigenvalue weighted by Gasteiger charge is 2.19. The van der Waals surface area contributed by atoms with Crippen LogP contribution in [0.15, 0.2) is 64.0 Å². The number of anilines is 1. The molecule has 3 aromatic heterocycles. The van der Waals surface area contributed by atoms with E-state index in [1.165, 1.54) is 19.5 Å². The maximum Gasteiger partial charge on any atom is 0.278 e. The normalized spacial score (nSPS) is 10.8. The number of carbonyl (C=O) groups excluding carboxylic acids is 2. The van der Waals surface area contributed by atoms with Crippen molar-refractivity contribution < 1.29 is 18.4 Å². The van der Waals surface area contributed by atoms with Gasteiger partial charge in [-0.1, -0.05) is 23.8 Å². The van der Waals surface area contributed by atoms with Crippen molar-refractivity contribution in [3.8, 4) is 11.3 Å². The molecule has 0 aliphatic rings. The molecule has 0 aliphatic heterocycles. The van der Waals surface area contributed by atoms with Gasteiger partial charge in [-0.25, -0.2) is 4.98 Å². The Bertz CT molecular complexity index is 1180. The summed E-state index contributed by atoms with van der Waals surface area (Å²) in [5.74, 6) is 0.768. The molecule has 1 amide bonds. The number of carbonyl (C=O) groups is 2. The van der Waals surface area contributed by atoms with Crippen LogP contribution in [-0.2, 0) is 6.54 Å². The van der Waals surface area contributed by atoms with Crippen LogP contribution in [0.25, 0.3) is 11.3 Å². The Morgan fingerprint density at radius 3 is 2.83 bits per heavy atom. The van der Waals surface area contributed by atoms with Crippen LogP contribution in [0.1, 0.15) is 39.3 Å². The summed E-state index contributed by atoms with van der Waals surface area (Å²) < 4.78 is 12.5. The molecule has 0 aliphatic carbocycles. The standard InChI is InChI=1S/C21H18N4O4/c1-13-4-3-5-15(8-13)20-19(22-12-28-20)21(27)24-16-9-23-25(10-16)11-17-6-7-18(29-17)14(2)26/h3-10,12H,11H2,1-2H3,(H,24,27). The molecule has 0 radical (unpaired) electrons. The quantitative estimate of drug-likeness (QED) is 0.500. The molecule has 1 N–H and O–H groups in total. The van der Waals surface area contributed by atoms with Gasteiger partial charge in [-0.15, -0.1) is 0 Å². The minimum atomic E-state index is -0.397. The van der Waals surface area contributed by atoms with Crippen molar-refractivity contribution in [2.75, 3.05) is 5.32 Å². The summed E-state index contributed by atoms with van der Waals surface area (Å²) in [4.78, 5) is 28.1. The van der Waals surface area contributed by atoms with Gasteiger partial charge in [0.15, 0.2) is 29.4 Å². The second-order valence-electron chi connectivity index (χ2n) is 6.60. The summed E-state index contributed by atoms with van der Waals surface area (Å²) in [6, 6.07) is 11.0. The number of nitrogens with one attached hydrogen (secondary N) is 1. The Morgan fingerprint density at radius 2 is 2.07 bits per heavy atom. The number of oxazole rings is 1. The molecule has 4 rings (SSSR count). The number of aryl methyl sites for hydroxylation is 1. The molecule has 146 valence electrons. The molecule has 0 spiro atoms. The van der Waals surface area contributed by atoms with Crippen LogP contribution in [-0.4, -0.2) is 26.5 Å². The van der Waals surface area contributed by atoms with Crippen molar-refractivity contribution in [2.24, 2.45) is 0 Å². The summed E-state index contributed by atoms with van der Waals surface area (Å²) in [5.41, 5.74) is 2.53. The minimum absolute atomic E-state index is 0.137. The number of aromatic nitrogens is 3. The van der Waals surface area contributed by atoms with E-state index in [1.54, 1.807) is 23.0 Å². The maximum absolute atomic E-state index is 12.7. The fourth-order valence-electron chi connectivity index (χ4n) is 2.92.